The number of carbonyl (C=O) groups is 2. The summed E-state index contributed by atoms with van der Waals surface area (Å²) in [6, 6.07) is 7.84. The lowest BCUT2D eigenvalue weighted by molar-refractivity contribution is -0.141. The van der Waals surface area contributed by atoms with E-state index in [9.17, 15) is 20.1 Å². The number of carbonyl (C=O) groups excluding carboxylic acids is 2. The maximum atomic E-state index is 11.2. The van der Waals surface area contributed by atoms with Gasteiger partial charge in [-0.2, -0.15) is 10.5 Å². The Hall–Kier alpha value is -2.86. The predicted molar refractivity (Wildman–Crippen MR) is 104 cm³/mol. The largest absolute Gasteiger partial charge is 0.469 e. The summed E-state index contributed by atoms with van der Waals surface area (Å²) in [4.78, 5) is 22.3. The lowest BCUT2D eigenvalue weighted by atomic mass is 9.92. The van der Waals surface area contributed by atoms with Crippen LogP contribution in [-0.4, -0.2) is 26.2 Å². The van der Waals surface area contributed by atoms with E-state index in [-0.39, 0.29) is 11.9 Å². The number of rotatable bonds is 12. The van der Waals surface area contributed by atoms with Crippen molar-refractivity contribution < 1.29 is 19.1 Å². The number of aryl methyl sites for hydroxylation is 2. The van der Waals surface area contributed by atoms with Gasteiger partial charge in [-0.3, -0.25) is 9.59 Å². The fraction of sp³-hybridized carbons (Fsp3) is 0.545. The highest BCUT2D eigenvalue weighted by molar-refractivity contribution is 5.69. The van der Waals surface area contributed by atoms with E-state index < -0.39 is 0 Å². The van der Waals surface area contributed by atoms with Gasteiger partial charge >= 0.3 is 11.9 Å². The van der Waals surface area contributed by atoms with Crippen molar-refractivity contribution >= 4 is 11.9 Å². The van der Waals surface area contributed by atoms with Crippen molar-refractivity contribution in [1.82, 2.24) is 0 Å². The molecule has 0 fully saturated rings. The molecule has 0 aromatic heterocycles. The molecule has 0 atom stereocenters. The highest BCUT2D eigenvalue weighted by Crippen LogP contribution is 2.21. The van der Waals surface area contributed by atoms with Crippen molar-refractivity contribution in [1.29, 1.82) is 10.5 Å². The maximum absolute atomic E-state index is 11.2. The summed E-state index contributed by atoms with van der Waals surface area (Å²) in [7, 11) is 2.78. The first-order valence-corrected chi connectivity index (χ1v) is 9.65. The Morgan fingerprint density at radius 3 is 1.46 bits per heavy atom. The molecule has 6 nitrogen and oxygen atoms in total. The Labute approximate surface area is 167 Å². The SMILES string of the molecule is COC(=O)CCCCCc1cc(C#N)c(C#N)cc1CCCCCC(=O)OC. The van der Waals surface area contributed by atoms with E-state index in [1.165, 1.54) is 14.2 Å². The summed E-state index contributed by atoms with van der Waals surface area (Å²) in [5.41, 5.74) is 2.98. The second kappa shape index (κ2) is 13.3. The van der Waals surface area contributed by atoms with Crippen molar-refractivity contribution in [2.45, 2.75) is 64.2 Å². The first-order valence-electron chi connectivity index (χ1n) is 9.65. The number of methoxy groups -OCH3 is 2. The van der Waals surface area contributed by atoms with Crippen molar-refractivity contribution in [3.8, 4) is 12.1 Å². The Balaban J connectivity index is 2.66. The molecule has 150 valence electrons. The number of unbranched alkanes of at least 4 members (excludes halogenated alkanes) is 4. The third-order valence-corrected chi connectivity index (χ3v) is 4.69. The van der Waals surface area contributed by atoms with Gasteiger partial charge in [0.15, 0.2) is 0 Å². The van der Waals surface area contributed by atoms with Crippen LogP contribution in [0.5, 0.6) is 0 Å². The summed E-state index contributed by atoms with van der Waals surface area (Å²) in [5.74, 6) is -0.393. The van der Waals surface area contributed by atoms with Crippen LogP contribution in [0.4, 0.5) is 0 Å². The van der Waals surface area contributed by atoms with E-state index in [2.05, 4.69) is 21.6 Å². The molecule has 0 bridgehead atoms. The molecule has 0 saturated heterocycles. The zero-order valence-electron chi connectivity index (χ0n) is 16.8. The molecule has 28 heavy (non-hydrogen) atoms. The Kier molecular flexibility index (Phi) is 11.0. The molecule has 0 spiro atoms. The molecule has 0 aliphatic carbocycles. The maximum Gasteiger partial charge on any atom is 0.305 e. The molecule has 0 unspecified atom stereocenters. The van der Waals surface area contributed by atoms with Crippen LogP contribution in [0, 0.1) is 22.7 Å². The van der Waals surface area contributed by atoms with Gasteiger partial charge in [0.2, 0.25) is 0 Å². The molecular formula is C22H28N2O4. The van der Waals surface area contributed by atoms with Gasteiger partial charge in [-0.05, 0) is 61.8 Å². The Morgan fingerprint density at radius 1 is 0.750 bits per heavy atom. The first kappa shape index (κ1) is 23.2. The number of hydrogen-bond acceptors (Lipinski definition) is 6. The monoisotopic (exact) mass is 384 g/mol. The molecule has 0 radical (unpaired) electrons. The van der Waals surface area contributed by atoms with E-state index in [0.717, 1.165) is 62.5 Å². The smallest absolute Gasteiger partial charge is 0.305 e. The molecule has 0 aliphatic rings. The highest BCUT2D eigenvalue weighted by Gasteiger charge is 2.10. The zero-order chi connectivity index (χ0) is 20.8. The summed E-state index contributed by atoms with van der Waals surface area (Å²) >= 11 is 0. The van der Waals surface area contributed by atoms with Crippen LogP contribution in [0.15, 0.2) is 12.1 Å². The van der Waals surface area contributed by atoms with Crippen LogP contribution in [0.2, 0.25) is 0 Å². The van der Waals surface area contributed by atoms with Crippen molar-refractivity contribution in [2.75, 3.05) is 14.2 Å². The van der Waals surface area contributed by atoms with Crippen molar-refractivity contribution in [3.63, 3.8) is 0 Å². The second-order valence-electron chi connectivity index (χ2n) is 6.66. The Bertz CT molecular complexity index is 681. The summed E-state index contributed by atoms with van der Waals surface area (Å²) in [5, 5.41) is 18.6. The van der Waals surface area contributed by atoms with Crippen LogP contribution in [0.3, 0.4) is 0 Å². The third-order valence-electron chi connectivity index (χ3n) is 4.69. The molecule has 1 rings (SSSR count). The summed E-state index contributed by atoms with van der Waals surface area (Å²) in [6.45, 7) is 0. The summed E-state index contributed by atoms with van der Waals surface area (Å²) < 4.78 is 9.28. The number of ether oxygens (including phenoxy) is 2. The predicted octanol–water partition coefficient (Wildman–Crippen LogP) is 3.98. The van der Waals surface area contributed by atoms with Gasteiger partial charge in [-0.15, -0.1) is 0 Å². The molecular weight excluding hydrogens is 356 g/mol. The van der Waals surface area contributed by atoms with E-state index in [1.54, 1.807) is 0 Å². The molecule has 1 aromatic carbocycles. The lowest BCUT2D eigenvalue weighted by Gasteiger charge is -2.12. The van der Waals surface area contributed by atoms with Crippen molar-refractivity contribution in [3.05, 3.63) is 34.4 Å². The number of benzene rings is 1. The molecule has 6 heteroatoms. The lowest BCUT2D eigenvalue weighted by Crippen LogP contribution is -2.02. The van der Waals surface area contributed by atoms with Gasteiger partial charge in [-0.1, -0.05) is 12.8 Å². The van der Waals surface area contributed by atoms with Gasteiger partial charge in [0.05, 0.1) is 25.3 Å². The van der Waals surface area contributed by atoms with E-state index in [1.807, 2.05) is 12.1 Å². The minimum absolute atomic E-state index is 0.196. The van der Waals surface area contributed by atoms with Gasteiger partial charge < -0.3 is 9.47 Å². The van der Waals surface area contributed by atoms with Gasteiger partial charge in [0.25, 0.3) is 0 Å². The molecule has 0 aliphatic heterocycles. The number of hydrogen-bond donors (Lipinski definition) is 0. The normalized spacial score (nSPS) is 10.0. The number of nitriles is 2. The average molecular weight is 384 g/mol. The van der Waals surface area contributed by atoms with Crippen LogP contribution >= 0.6 is 0 Å². The quantitative estimate of drug-likeness (QED) is 0.399. The Morgan fingerprint density at radius 2 is 1.14 bits per heavy atom. The zero-order valence-corrected chi connectivity index (χ0v) is 16.8. The topological polar surface area (TPSA) is 100 Å². The molecule has 0 saturated carbocycles. The number of nitrogens with zero attached hydrogens (tertiary/aromatic N) is 2. The molecule has 0 heterocycles. The fourth-order valence-corrected chi connectivity index (χ4v) is 3.07. The second-order valence-corrected chi connectivity index (χ2v) is 6.66. The van der Waals surface area contributed by atoms with Gasteiger partial charge in [0.1, 0.15) is 12.1 Å². The van der Waals surface area contributed by atoms with Crippen LogP contribution < -0.4 is 0 Å². The minimum atomic E-state index is -0.196. The van der Waals surface area contributed by atoms with Crippen LogP contribution in [-0.2, 0) is 31.9 Å². The average Bonchev–Trinajstić information content (AvgIpc) is 2.72. The highest BCUT2D eigenvalue weighted by atomic mass is 16.5. The summed E-state index contributed by atoms with van der Waals surface area (Å²) in [6.07, 6.45) is 7.60. The fourth-order valence-electron chi connectivity index (χ4n) is 3.07. The first-order chi connectivity index (χ1) is 13.5. The van der Waals surface area contributed by atoms with Crippen LogP contribution in [0.1, 0.15) is 73.6 Å². The van der Waals surface area contributed by atoms with Gasteiger partial charge in [0, 0.05) is 12.8 Å². The molecule has 0 N–H and O–H groups in total. The number of esters is 2. The van der Waals surface area contributed by atoms with Gasteiger partial charge in [-0.25, -0.2) is 0 Å². The van der Waals surface area contributed by atoms with E-state index in [0.29, 0.717) is 24.0 Å². The van der Waals surface area contributed by atoms with E-state index >= 15 is 0 Å². The third kappa shape index (κ3) is 8.22. The standard InChI is InChI=1S/C22H28N2O4/c1-27-21(25)11-7-3-5-9-17-13-19(15-23)20(16-24)14-18(17)10-6-4-8-12-22(26)28-2/h13-14H,3-12H2,1-2H3. The van der Waals surface area contributed by atoms with Crippen LogP contribution in [0.25, 0.3) is 0 Å². The van der Waals surface area contributed by atoms with E-state index in [4.69, 9.17) is 0 Å². The van der Waals surface area contributed by atoms with Crippen molar-refractivity contribution in [2.24, 2.45) is 0 Å². The molecule has 1 aromatic rings. The molecule has 0 amide bonds. The minimum Gasteiger partial charge on any atom is -0.469 e.